The largest absolute Gasteiger partial charge is 0.508 e. The van der Waals surface area contributed by atoms with Gasteiger partial charge in [0.1, 0.15) is 23.0 Å². The first-order valence-electron chi connectivity index (χ1n) is 16.7. The lowest BCUT2D eigenvalue weighted by Crippen LogP contribution is -2.34. The summed E-state index contributed by atoms with van der Waals surface area (Å²) < 4.78 is 0. The van der Waals surface area contributed by atoms with Crippen molar-refractivity contribution in [2.45, 2.75) is 123 Å². The van der Waals surface area contributed by atoms with Gasteiger partial charge in [-0.15, -0.1) is 0 Å². The summed E-state index contributed by atoms with van der Waals surface area (Å²) in [6.07, 6.45) is 0. The number of rotatable bonds is 5. The van der Waals surface area contributed by atoms with Gasteiger partial charge in [0.05, 0.1) is 0 Å². The molecule has 0 atom stereocenters. The highest BCUT2D eigenvalue weighted by atomic mass is 16.3. The molecule has 0 radical (unpaired) electrons. The van der Waals surface area contributed by atoms with Crippen molar-refractivity contribution in [3.05, 3.63) is 117 Å². The summed E-state index contributed by atoms with van der Waals surface area (Å²) >= 11 is 0. The molecule has 0 unspecified atom stereocenters. The Morgan fingerprint density at radius 2 is 0.617 bits per heavy atom. The Hall–Kier alpha value is -3.92. The summed E-state index contributed by atoms with van der Waals surface area (Å²) in [5.41, 5.74) is 5.39. The molecule has 0 saturated heterocycles. The number of benzene rings is 4. The molecule has 4 aromatic carbocycles. The van der Waals surface area contributed by atoms with Crippen molar-refractivity contribution in [1.29, 1.82) is 0 Å². The fraction of sp³-hybridized carbons (Fsp3) is 0.442. The molecule has 0 aliphatic carbocycles. The van der Waals surface area contributed by atoms with E-state index in [4.69, 9.17) is 0 Å². The van der Waals surface area contributed by atoms with Crippen LogP contribution in [0, 0.1) is 0 Å². The quantitative estimate of drug-likeness (QED) is 0.176. The normalized spacial score (nSPS) is 13.3. The summed E-state index contributed by atoms with van der Waals surface area (Å²) in [5.74, 6) is 0.700. The lowest BCUT2D eigenvalue weighted by molar-refractivity contribution is 0.433. The molecule has 47 heavy (non-hydrogen) atoms. The molecule has 0 saturated carbocycles. The number of hydrogen-bond donors (Lipinski definition) is 4. The van der Waals surface area contributed by atoms with Crippen LogP contribution in [0.5, 0.6) is 23.0 Å². The van der Waals surface area contributed by atoms with Crippen LogP contribution < -0.4 is 0 Å². The Morgan fingerprint density at radius 3 is 0.894 bits per heavy atom. The SMILES string of the molecule is CC(C)(C)c1cc(C(c2ccc(O)c(C(C)(C)C)c2)C(C)(c2ccc(O)c(C(C)(C)C)c2)c2ccc(O)c(C(C)(C)C)c2)ccc1O. The smallest absolute Gasteiger partial charge is 0.119 e. The molecule has 0 bridgehead atoms. The van der Waals surface area contributed by atoms with Crippen LogP contribution in [0.25, 0.3) is 0 Å². The molecule has 0 fully saturated rings. The Balaban J connectivity index is 2.25. The predicted molar refractivity (Wildman–Crippen MR) is 196 cm³/mol. The topological polar surface area (TPSA) is 80.9 Å². The van der Waals surface area contributed by atoms with Gasteiger partial charge in [0.2, 0.25) is 0 Å². The van der Waals surface area contributed by atoms with Crippen LogP contribution in [0.3, 0.4) is 0 Å². The molecule has 252 valence electrons. The highest BCUT2D eigenvalue weighted by Gasteiger charge is 2.42. The van der Waals surface area contributed by atoms with Crippen molar-refractivity contribution in [3.8, 4) is 23.0 Å². The standard InChI is InChI=1S/C43H56O4/c1-39(2,3)30-22-26(14-18-34(30)44)38(27-15-19-35(45)31(23-27)40(4,5)6)43(13,28-16-20-36(46)32(24-28)41(7,8)9)29-17-21-37(47)33(25-29)42(10,11)12/h14-25,38,44-47H,1-13H3. The molecule has 4 aromatic rings. The highest BCUT2D eigenvalue weighted by Crippen LogP contribution is 2.52. The van der Waals surface area contributed by atoms with Crippen molar-refractivity contribution in [1.82, 2.24) is 0 Å². The number of phenols is 4. The molecular formula is C43H56O4. The minimum atomic E-state index is -0.750. The van der Waals surface area contributed by atoms with Crippen molar-refractivity contribution < 1.29 is 20.4 Å². The molecule has 4 nitrogen and oxygen atoms in total. The van der Waals surface area contributed by atoms with Crippen molar-refractivity contribution in [2.75, 3.05) is 0 Å². The van der Waals surface area contributed by atoms with Crippen molar-refractivity contribution in [3.63, 3.8) is 0 Å². The average Bonchev–Trinajstić information content (AvgIpc) is 2.92. The van der Waals surface area contributed by atoms with Crippen LogP contribution in [0.1, 0.15) is 140 Å². The summed E-state index contributed by atoms with van der Waals surface area (Å²) in [4.78, 5) is 0. The summed E-state index contributed by atoms with van der Waals surface area (Å²) in [6.45, 7) is 27.5. The molecule has 4 N–H and O–H groups in total. The van der Waals surface area contributed by atoms with E-state index < -0.39 is 5.41 Å². The van der Waals surface area contributed by atoms with Gasteiger partial charge in [0, 0.05) is 11.3 Å². The molecule has 0 heterocycles. The third-order valence-electron chi connectivity index (χ3n) is 9.71. The average molecular weight is 637 g/mol. The zero-order valence-electron chi connectivity index (χ0n) is 30.8. The molecule has 4 heteroatoms. The molecule has 0 spiro atoms. The predicted octanol–water partition coefficient (Wildman–Crippen LogP) is 10.8. The molecule has 0 aliphatic heterocycles. The van der Waals surface area contributed by atoms with E-state index in [1.54, 1.807) is 24.3 Å². The van der Waals surface area contributed by atoms with E-state index in [1.165, 1.54) is 0 Å². The van der Waals surface area contributed by atoms with Gasteiger partial charge in [-0.1, -0.05) is 139 Å². The van der Waals surface area contributed by atoms with Crippen LogP contribution in [0.4, 0.5) is 0 Å². The lowest BCUT2D eigenvalue weighted by atomic mass is 9.61. The molecule has 0 amide bonds. The minimum Gasteiger partial charge on any atom is -0.508 e. The lowest BCUT2D eigenvalue weighted by Gasteiger charge is -2.42. The maximum absolute atomic E-state index is 11.1. The number of hydrogen-bond acceptors (Lipinski definition) is 4. The van der Waals surface area contributed by atoms with Crippen LogP contribution in [0.2, 0.25) is 0 Å². The number of phenolic OH excluding ortho intramolecular Hbond substituents is 4. The van der Waals surface area contributed by atoms with E-state index in [-0.39, 0.29) is 50.6 Å². The minimum absolute atomic E-state index is 0.251. The second-order valence-corrected chi connectivity index (χ2v) is 17.7. The van der Waals surface area contributed by atoms with Gasteiger partial charge in [-0.2, -0.15) is 0 Å². The van der Waals surface area contributed by atoms with Crippen LogP contribution in [0.15, 0.2) is 72.8 Å². The fourth-order valence-electron chi connectivity index (χ4n) is 6.95. The van der Waals surface area contributed by atoms with E-state index in [0.717, 1.165) is 44.5 Å². The molecule has 0 aromatic heterocycles. The van der Waals surface area contributed by atoms with E-state index in [2.05, 4.69) is 114 Å². The first kappa shape index (κ1) is 35.9. The third-order valence-corrected chi connectivity index (χ3v) is 9.71. The van der Waals surface area contributed by atoms with Gasteiger partial charge in [-0.25, -0.2) is 0 Å². The van der Waals surface area contributed by atoms with E-state index in [1.807, 2.05) is 24.3 Å². The second kappa shape index (κ2) is 12.0. The van der Waals surface area contributed by atoms with Gasteiger partial charge < -0.3 is 20.4 Å². The van der Waals surface area contributed by atoms with Gasteiger partial charge in [-0.05, 0) is 90.4 Å². The Labute approximate surface area is 283 Å². The van der Waals surface area contributed by atoms with Gasteiger partial charge >= 0.3 is 0 Å². The van der Waals surface area contributed by atoms with Gasteiger partial charge in [-0.3, -0.25) is 0 Å². The van der Waals surface area contributed by atoms with Crippen LogP contribution in [-0.4, -0.2) is 20.4 Å². The zero-order valence-corrected chi connectivity index (χ0v) is 30.8. The maximum atomic E-state index is 11.1. The highest BCUT2D eigenvalue weighted by molar-refractivity contribution is 5.57. The summed E-state index contributed by atoms with van der Waals surface area (Å²) in [7, 11) is 0. The van der Waals surface area contributed by atoms with Gasteiger partial charge in [0.15, 0.2) is 0 Å². The monoisotopic (exact) mass is 636 g/mol. The van der Waals surface area contributed by atoms with Crippen LogP contribution in [-0.2, 0) is 27.1 Å². The van der Waals surface area contributed by atoms with E-state index in [9.17, 15) is 20.4 Å². The van der Waals surface area contributed by atoms with Crippen LogP contribution >= 0.6 is 0 Å². The zero-order chi connectivity index (χ0) is 35.5. The first-order chi connectivity index (χ1) is 21.4. The Kier molecular flexibility index (Phi) is 9.14. The van der Waals surface area contributed by atoms with Gasteiger partial charge in [0.25, 0.3) is 0 Å². The van der Waals surface area contributed by atoms with E-state index in [0.29, 0.717) is 0 Å². The van der Waals surface area contributed by atoms with Crippen molar-refractivity contribution >= 4 is 0 Å². The Morgan fingerprint density at radius 1 is 0.362 bits per heavy atom. The van der Waals surface area contributed by atoms with E-state index >= 15 is 0 Å². The Bertz CT molecular complexity index is 1640. The first-order valence-corrected chi connectivity index (χ1v) is 16.7. The third kappa shape index (κ3) is 7.03. The maximum Gasteiger partial charge on any atom is 0.119 e. The molecule has 4 rings (SSSR count). The second-order valence-electron chi connectivity index (χ2n) is 17.7. The number of aromatic hydroxyl groups is 4. The summed E-state index contributed by atoms with van der Waals surface area (Å²) in [6, 6.07) is 23.7. The van der Waals surface area contributed by atoms with Crippen molar-refractivity contribution in [2.24, 2.45) is 0 Å². The summed E-state index contributed by atoms with van der Waals surface area (Å²) in [5, 5.41) is 44.3. The molecule has 0 aliphatic rings. The fourth-order valence-corrected chi connectivity index (χ4v) is 6.95. The molecular weight excluding hydrogens is 580 g/mol.